The Hall–Kier alpha value is -0.940. The highest BCUT2D eigenvalue weighted by Gasteiger charge is 2.24. The quantitative estimate of drug-likeness (QED) is 0.841. The topological polar surface area (TPSA) is 54.2 Å². The maximum atomic E-state index is 9.78. The van der Waals surface area contributed by atoms with E-state index < -0.39 is 5.60 Å². The van der Waals surface area contributed by atoms with E-state index >= 15 is 0 Å². The number of nitrogens with zero attached hydrogens (tertiary/aromatic N) is 4. The zero-order chi connectivity index (χ0) is 12.3. The van der Waals surface area contributed by atoms with Crippen molar-refractivity contribution in [3.05, 3.63) is 12.4 Å². The minimum atomic E-state index is -0.585. The highest BCUT2D eigenvalue weighted by molar-refractivity contribution is 4.78. The van der Waals surface area contributed by atoms with Crippen molar-refractivity contribution >= 4 is 0 Å². The molecule has 1 aromatic rings. The molecule has 0 saturated carbocycles. The number of hydrogen-bond donors (Lipinski definition) is 1. The summed E-state index contributed by atoms with van der Waals surface area (Å²) in [6.45, 7) is 7.62. The number of hydrogen-bond acceptors (Lipinski definition) is 4. The molecule has 5 heteroatoms. The first-order chi connectivity index (χ1) is 8.03. The van der Waals surface area contributed by atoms with E-state index in [9.17, 15) is 5.11 Å². The molecule has 0 spiro atoms. The van der Waals surface area contributed by atoms with Crippen molar-refractivity contribution in [2.75, 3.05) is 19.6 Å². The van der Waals surface area contributed by atoms with Crippen LogP contribution >= 0.6 is 0 Å². The third kappa shape index (κ3) is 4.09. The molecular formula is C12H22N4O. The van der Waals surface area contributed by atoms with Crippen LogP contribution in [0.2, 0.25) is 0 Å². The molecule has 2 rings (SSSR count). The van der Waals surface area contributed by atoms with Crippen LogP contribution in [0, 0.1) is 5.92 Å². The fraction of sp³-hybridized carbons (Fsp3) is 0.833. The lowest BCUT2D eigenvalue weighted by Crippen LogP contribution is -2.43. The Balaban J connectivity index is 1.74. The molecule has 0 amide bonds. The van der Waals surface area contributed by atoms with Gasteiger partial charge >= 0.3 is 0 Å². The molecule has 1 aliphatic heterocycles. The second kappa shape index (κ2) is 5.14. The first kappa shape index (κ1) is 12.5. The van der Waals surface area contributed by atoms with Gasteiger partial charge in [0.15, 0.2) is 0 Å². The van der Waals surface area contributed by atoms with Gasteiger partial charge in [0.1, 0.15) is 0 Å². The van der Waals surface area contributed by atoms with Gasteiger partial charge in [0.25, 0.3) is 0 Å². The minimum absolute atomic E-state index is 0.585. The fourth-order valence-electron chi connectivity index (χ4n) is 2.47. The van der Waals surface area contributed by atoms with Crippen LogP contribution < -0.4 is 0 Å². The second-order valence-corrected chi connectivity index (χ2v) is 5.66. The molecule has 1 aromatic heterocycles. The van der Waals surface area contributed by atoms with Crippen molar-refractivity contribution in [1.29, 1.82) is 0 Å². The highest BCUT2D eigenvalue weighted by atomic mass is 16.3. The monoisotopic (exact) mass is 238 g/mol. The Labute approximate surface area is 102 Å². The maximum Gasteiger partial charge on any atom is 0.0718 e. The van der Waals surface area contributed by atoms with Gasteiger partial charge < -0.3 is 10.0 Å². The zero-order valence-corrected chi connectivity index (χ0v) is 10.7. The van der Waals surface area contributed by atoms with Crippen LogP contribution in [0.25, 0.3) is 0 Å². The Morgan fingerprint density at radius 1 is 1.35 bits per heavy atom. The molecule has 0 aliphatic carbocycles. The highest BCUT2D eigenvalue weighted by Crippen LogP contribution is 2.20. The molecular weight excluding hydrogens is 216 g/mol. The standard InChI is InChI=1S/C12H22N4O/c1-12(2,17)10-15-6-3-11(4-7-15)9-16-8-5-13-14-16/h5,8,11,17H,3-4,6-7,9-10H2,1-2H3. The van der Waals surface area contributed by atoms with Gasteiger partial charge in [0.05, 0.1) is 11.8 Å². The van der Waals surface area contributed by atoms with Gasteiger partial charge in [-0.3, -0.25) is 4.68 Å². The Bertz CT molecular complexity index is 323. The van der Waals surface area contributed by atoms with Crippen molar-refractivity contribution in [2.24, 2.45) is 5.92 Å². The number of aliphatic hydroxyl groups is 1. The number of likely N-dealkylation sites (tertiary alicyclic amines) is 1. The zero-order valence-electron chi connectivity index (χ0n) is 10.7. The summed E-state index contributed by atoms with van der Waals surface area (Å²) in [7, 11) is 0. The fourth-order valence-corrected chi connectivity index (χ4v) is 2.47. The third-order valence-electron chi connectivity index (χ3n) is 3.23. The number of aromatic nitrogens is 3. The van der Waals surface area contributed by atoms with E-state index in [0.29, 0.717) is 5.92 Å². The van der Waals surface area contributed by atoms with Crippen molar-refractivity contribution in [3.63, 3.8) is 0 Å². The van der Waals surface area contributed by atoms with Gasteiger partial charge in [-0.25, -0.2) is 0 Å². The molecule has 0 unspecified atom stereocenters. The number of β-amino-alcohol motifs (C(OH)–C–C–N with tert-alkyl or cyclic N) is 1. The molecule has 0 radical (unpaired) electrons. The van der Waals surface area contributed by atoms with Gasteiger partial charge in [-0.15, -0.1) is 5.10 Å². The predicted molar refractivity (Wildman–Crippen MR) is 65.5 cm³/mol. The smallest absolute Gasteiger partial charge is 0.0718 e. The van der Waals surface area contributed by atoms with Gasteiger partial charge in [-0.1, -0.05) is 5.21 Å². The lowest BCUT2D eigenvalue weighted by atomic mass is 9.96. The van der Waals surface area contributed by atoms with Gasteiger partial charge in [-0.2, -0.15) is 0 Å². The SMILES string of the molecule is CC(C)(O)CN1CCC(Cn2ccnn2)CC1. The van der Waals surface area contributed by atoms with Gasteiger partial charge in [0, 0.05) is 19.3 Å². The summed E-state index contributed by atoms with van der Waals surface area (Å²) in [5.74, 6) is 0.690. The predicted octanol–water partition coefficient (Wildman–Crippen LogP) is 0.761. The number of piperidine rings is 1. The summed E-state index contributed by atoms with van der Waals surface area (Å²) < 4.78 is 1.91. The van der Waals surface area contributed by atoms with Crippen LogP contribution in [0.3, 0.4) is 0 Å². The summed E-state index contributed by atoms with van der Waals surface area (Å²) in [6.07, 6.45) is 6.00. The van der Waals surface area contributed by atoms with Crippen LogP contribution in [0.15, 0.2) is 12.4 Å². The Morgan fingerprint density at radius 3 is 2.59 bits per heavy atom. The minimum Gasteiger partial charge on any atom is -0.389 e. The molecule has 1 aliphatic rings. The second-order valence-electron chi connectivity index (χ2n) is 5.66. The van der Waals surface area contributed by atoms with Crippen LogP contribution in [0.4, 0.5) is 0 Å². The van der Waals surface area contributed by atoms with Crippen LogP contribution in [0.1, 0.15) is 26.7 Å². The number of rotatable bonds is 4. The first-order valence-electron chi connectivity index (χ1n) is 6.32. The van der Waals surface area contributed by atoms with Crippen molar-refractivity contribution < 1.29 is 5.11 Å². The van der Waals surface area contributed by atoms with Crippen molar-refractivity contribution in [3.8, 4) is 0 Å². The van der Waals surface area contributed by atoms with Crippen LogP contribution in [0.5, 0.6) is 0 Å². The van der Waals surface area contributed by atoms with Gasteiger partial charge in [0.2, 0.25) is 0 Å². The molecule has 0 aromatic carbocycles. The van der Waals surface area contributed by atoms with Crippen LogP contribution in [-0.2, 0) is 6.54 Å². The van der Waals surface area contributed by atoms with E-state index in [1.165, 1.54) is 12.8 Å². The molecule has 0 bridgehead atoms. The average Bonchev–Trinajstić information content (AvgIpc) is 2.71. The molecule has 1 N–H and O–H groups in total. The van der Waals surface area contributed by atoms with E-state index in [1.807, 2.05) is 24.7 Å². The summed E-state index contributed by atoms with van der Waals surface area (Å²) in [5, 5.41) is 17.6. The molecule has 0 atom stereocenters. The summed E-state index contributed by atoms with van der Waals surface area (Å²) >= 11 is 0. The average molecular weight is 238 g/mol. The third-order valence-corrected chi connectivity index (χ3v) is 3.23. The van der Waals surface area contributed by atoms with E-state index in [4.69, 9.17) is 0 Å². The summed E-state index contributed by atoms with van der Waals surface area (Å²) in [6, 6.07) is 0. The van der Waals surface area contributed by atoms with E-state index in [1.54, 1.807) is 6.20 Å². The van der Waals surface area contributed by atoms with E-state index in [-0.39, 0.29) is 0 Å². The summed E-state index contributed by atoms with van der Waals surface area (Å²) in [4.78, 5) is 2.35. The molecule has 96 valence electrons. The first-order valence-corrected chi connectivity index (χ1v) is 6.32. The molecule has 2 heterocycles. The summed E-state index contributed by atoms with van der Waals surface area (Å²) in [5.41, 5.74) is -0.585. The largest absolute Gasteiger partial charge is 0.389 e. The molecule has 17 heavy (non-hydrogen) atoms. The molecule has 1 fully saturated rings. The lowest BCUT2D eigenvalue weighted by molar-refractivity contribution is 0.0231. The molecule has 5 nitrogen and oxygen atoms in total. The normalized spacial score (nSPS) is 19.7. The van der Waals surface area contributed by atoms with E-state index in [2.05, 4.69) is 15.2 Å². The maximum absolute atomic E-state index is 9.78. The Kier molecular flexibility index (Phi) is 3.79. The van der Waals surface area contributed by atoms with Crippen molar-refractivity contribution in [1.82, 2.24) is 19.9 Å². The van der Waals surface area contributed by atoms with E-state index in [0.717, 1.165) is 26.2 Å². The lowest BCUT2D eigenvalue weighted by Gasteiger charge is -2.35. The Morgan fingerprint density at radius 2 is 2.06 bits per heavy atom. The van der Waals surface area contributed by atoms with Crippen LogP contribution in [-0.4, -0.2) is 50.2 Å². The van der Waals surface area contributed by atoms with Crippen molar-refractivity contribution in [2.45, 2.75) is 38.8 Å². The molecule has 1 saturated heterocycles. The van der Waals surface area contributed by atoms with Gasteiger partial charge in [-0.05, 0) is 45.7 Å².